The Morgan fingerprint density at radius 2 is 2.17 bits per heavy atom. The molecule has 1 aliphatic heterocycles. The van der Waals surface area contributed by atoms with Crippen molar-refractivity contribution in [2.24, 2.45) is 0 Å². The molecule has 3 N–H and O–H groups in total. The first-order chi connectivity index (χ1) is 8.58. The number of urea groups is 1. The van der Waals surface area contributed by atoms with Crippen LogP contribution in [-0.4, -0.2) is 17.3 Å². The van der Waals surface area contributed by atoms with Crippen LogP contribution in [0.2, 0.25) is 5.02 Å². The van der Waals surface area contributed by atoms with E-state index in [4.69, 9.17) is 11.6 Å². The lowest BCUT2D eigenvalue weighted by Crippen LogP contribution is -2.61. The van der Waals surface area contributed by atoms with Gasteiger partial charge in [-0.3, -0.25) is 15.5 Å². The van der Waals surface area contributed by atoms with E-state index in [9.17, 15) is 14.0 Å². The summed E-state index contributed by atoms with van der Waals surface area (Å²) in [6, 6.07) is 3.78. The lowest BCUT2D eigenvalue weighted by molar-refractivity contribution is -0.120. The van der Waals surface area contributed by atoms with Gasteiger partial charge in [0.15, 0.2) is 5.37 Å². The third-order valence-corrected chi connectivity index (χ3v) is 3.72. The van der Waals surface area contributed by atoms with Gasteiger partial charge in [-0.1, -0.05) is 17.7 Å². The highest BCUT2D eigenvalue weighted by atomic mass is 35.5. The van der Waals surface area contributed by atoms with Crippen molar-refractivity contribution < 1.29 is 14.0 Å². The average Bonchev–Trinajstić information content (AvgIpc) is 2.31. The highest BCUT2D eigenvalue weighted by Gasteiger charge is 2.26. The van der Waals surface area contributed by atoms with Crippen LogP contribution in [0.5, 0.6) is 0 Å². The van der Waals surface area contributed by atoms with Crippen molar-refractivity contribution in [2.45, 2.75) is 11.1 Å². The van der Waals surface area contributed by atoms with Gasteiger partial charge < -0.3 is 0 Å². The van der Waals surface area contributed by atoms with Crippen LogP contribution in [0.4, 0.5) is 9.18 Å². The van der Waals surface area contributed by atoms with Crippen molar-refractivity contribution in [2.75, 3.05) is 0 Å². The third kappa shape index (κ3) is 2.92. The molecule has 0 radical (unpaired) electrons. The number of amides is 3. The molecule has 1 atom stereocenters. The summed E-state index contributed by atoms with van der Waals surface area (Å²) >= 11 is 6.99. The molecule has 0 bridgehead atoms. The Labute approximate surface area is 111 Å². The van der Waals surface area contributed by atoms with Crippen LogP contribution < -0.4 is 16.2 Å². The topological polar surface area (TPSA) is 70.2 Å². The number of carbonyl (C=O) groups is 2. The second-order valence-electron chi connectivity index (χ2n) is 3.48. The lowest BCUT2D eigenvalue weighted by Gasteiger charge is -2.22. The summed E-state index contributed by atoms with van der Waals surface area (Å²) in [7, 11) is 0. The smallest absolute Gasteiger partial charge is 0.275 e. The highest BCUT2D eigenvalue weighted by molar-refractivity contribution is 7.99. The van der Waals surface area contributed by atoms with E-state index in [-0.39, 0.29) is 5.75 Å². The fourth-order valence-electron chi connectivity index (χ4n) is 1.36. The Morgan fingerprint density at radius 1 is 1.39 bits per heavy atom. The summed E-state index contributed by atoms with van der Waals surface area (Å²) in [6.07, 6.45) is 0. The molecule has 8 heteroatoms. The first kappa shape index (κ1) is 13.1. The van der Waals surface area contributed by atoms with Gasteiger partial charge in [-0.25, -0.2) is 14.6 Å². The minimum absolute atomic E-state index is 0.215. The van der Waals surface area contributed by atoms with E-state index in [1.807, 2.05) is 0 Å². The molecule has 1 fully saturated rings. The van der Waals surface area contributed by atoms with Gasteiger partial charge in [-0.15, -0.1) is 11.8 Å². The van der Waals surface area contributed by atoms with Crippen molar-refractivity contribution in [3.63, 3.8) is 0 Å². The Kier molecular flexibility index (Phi) is 4.05. The molecule has 1 aromatic carbocycles. The van der Waals surface area contributed by atoms with E-state index >= 15 is 0 Å². The van der Waals surface area contributed by atoms with Gasteiger partial charge in [0.2, 0.25) is 0 Å². The molecule has 0 spiro atoms. The maximum atomic E-state index is 13.5. The monoisotopic (exact) mass is 289 g/mol. The molecular formula is C10H9ClFN3O2S. The number of imide groups is 1. The van der Waals surface area contributed by atoms with Crippen LogP contribution in [0.3, 0.4) is 0 Å². The predicted molar refractivity (Wildman–Crippen MR) is 66.3 cm³/mol. The van der Waals surface area contributed by atoms with Crippen molar-refractivity contribution in [1.29, 1.82) is 0 Å². The molecule has 0 aliphatic carbocycles. The van der Waals surface area contributed by atoms with Gasteiger partial charge in [0.25, 0.3) is 5.91 Å². The Bertz CT molecular complexity index is 480. The molecule has 0 saturated carbocycles. The molecule has 0 aromatic heterocycles. The van der Waals surface area contributed by atoms with Gasteiger partial charge >= 0.3 is 6.03 Å². The first-order valence-corrected chi connectivity index (χ1v) is 6.41. The van der Waals surface area contributed by atoms with Crippen LogP contribution in [0.15, 0.2) is 18.2 Å². The molecular weight excluding hydrogens is 281 g/mol. The fourth-order valence-corrected chi connectivity index (χ4v) is 2.65. The number of hydrogen-bond donors (Lipinski definition) is 3. The molecule has 96 valence electrons. The third-order valence-electron chi connectivity index (χ3n) is 2.25. The summed E-state index contributed by atoms with van der Waals surface area (Å²) in [6.45, 7) is 0. The quantitative estimate of drug-likeness (QED) is 0.786. The van der Waals surface area contributed by atoms with Crippen molar-refractivity contribution in [1.82, 2.24) is 16.2 Å². The molecule has 2 rings (SSSR count). The van der Waals surface area contributed by atoms with E-state index in [1.54, 1.807) is 6.07 Å². The van der Waals surface area contributed by atoms with Crippen molar-refractivity contribution in [3.05, 3.63) is 34.6 Å². The van der Waals surface area contributed by atoms with E-state index in [2.05, 4.69) is 16.2 Å². The minimum Gasteiger partial charge on any atom is -0.275 e. The van der Waals surface area contributed by atoms with Crippen LogP contribution in [0.25, 0.3) is 0 Å². The van der Waals surface area contributed by atoms with E-state index in [0.717, 1.165) is 11.8 Å². The molecule has 1 heterocycles. The zero-order chi connectivity index (χ0) is 13.1. The Morgan fingerprint density at radius 3 is 2.83 bits per heavy atom. The molecule has 1 unspecified atom stereocenters. The predicted octanol–water partition coefficient (Wildman–Crippen LogP) is 1.38. The summed E-state index contributed by atoms with van der Waals surface area (Å²) in [5.41, 5.74) is 5.10. The largest absolute Gasteiger partial charge is 0.335 e. The SMILES string of the molecule is O=C1NNC(SCc2c(F)cccc2Cl)C(=O)N1. The van der Waals surface area contributed by atoms with E-state index in [0.29, 0.717) is 10.6 Å². The standard InChI is InChI=1S/C10H9ClFN3O2S/c11-6-2-1-3-7(12)5(6)4-18-9-8(16)13-10(17)15-14-9/h1-3,9,14H,4H2,(H2,13,15,16,17). The number of rotatable bonds is 3. The lowest BCUT2D eigenvalue weighted by atomic mass is 10.2. The zero-order valence-electron chi connectivity index (χ0n) is 9.00. The summed E-state index contributed by atoms with van der Waals surface area (Å²) in [4.78, 5) is 22.2. The van der Waals surface area contributed by atoms with Crippen LogP contribution in [-0.2, 0) is 10.5 Å². The molecule has 3 amide bonds. The minimum atomic E-state index is -0.682. The fraction of sp³-hybridized carbons (Fsp3) is 0.200. The number of carbonyl (C=O) groups excluding carboxylic acids is 2. The molecule has 1 aromatic rings. The number of halogens is 2. The first-order valence-electron chi connectivity index (χ1n) is 4.99. The van der Waals surface area contributed by atoms with Crippen LogP contribution >= 0.6 is 23.4 Å². The molecule has 5 nitrogen and oxygen atoms in total. The molecule has 1 saturated heterocycles. The second-order valence-corrected chi connectivity index (χ2v) is 4.98. The highest BCUT2D eigenvalue weighted by Crippen LogP contribution is 2.25. The normalized spacial score (nSPS) is 19.3. The van der Waals surface area contributed by atoms with Gasteiger partial charge in [-0.2, -0.15) is 0 Å². The van der Waals surface area contributed by atoms with Crippen molar-refractivity contribution in [3.8, 4) is 0 Å². The number of benzene rings is 1. The maximum Gasteiger partial charge on any atom is 0.335 e. The van der Waals surface area contributed by atoms with E-state index < -0.39 is 23.1 Å². The van der Waals surface area contributed by atoms with Gasteiger partial charge in [0.05, 0.1) is 0 Å². The average molecular weight is 290 g/mol. The summed E-state index contributed by atoms with van der Waals surface area (Å²) < 4.78 is 13.5. The van der Waals surface area contributed by atoms with Crippen LogP contribution in [0.1, 0.15) is 5.56 Å². The Balaban J connectivity index is 1.99. The van der Waals surface area contributed by atoms with Crippen LogP contribution in [0, 0.1) is 5.82 Å². The molecule has 1 aliphatic rings. The van der Waals surface area contributed by atoms with Crippen molar-refractivity contribution >= 4 is 35.3 Å². The maximum absolute atomic E-state index is 13.5. The number of hydrazine groups is 1. The summed E-state index contributed by atoms with van der Waals surface area (Å²) in [5.74, 6) is -0.682. The van der Waals surface area contributed by atoms with Gasteiger partial charge in [-0.05, 0) is 12.1 Å². The van der Waals surface area contributed by atoms with Gasteiger partial charge in [0, 0.05) is 16.3 Å². The Hall–Kier alpha value is -1.31. The number of hydrogen-bond acceptors (Lipinski definition) is 4. The van der Waals surface area contributed by atoms with Gasteiger partial charge in [0.1, 0.15) is 5.82 Å². The number of thioether (sulfide) groups is 1. The second kappa shape index (κ2) is 5.55. The molecule has 18 heavy (non-hydrogen) atoms. The number of nitrogens with one attached hydrogen (secondary N) is 3. The zero-order valence-corrected chi connectivity index (χ0v) is 10.6. The van der Waals surface area contributed by atoms with E-state index in [1.165, 1.54) is 12.1 Å². The summed E-state index contributed by atoms with van der Waals surface area (Å²) in [5, 5.41) is 1.72.